The molecule has 1 unspecified atom stereocenters. The number of carboxylic acids is 1. The van der Waals surface area contributed by atoms with Gasteiger partial charge in [0.25, 0.3) is 0 Å². The maximum atomic E-state index is 10.4. The van der Waals surface area contributed by atoms with Gasteiger partial charge in [-0.05, 0) is 30.5 Å². The third-order valence-electron chi connectivity index (χ3n) is 3.15. The lowest BCUT2D eigenvalue weighted by atomic mass is 10.0. The summed E-state index contributed by atoms with van der Waals surface area (Å²) in [4.78, 5) is 10.4. The summed E-state index contributed by atoms with van der Waals surface area (Å²) in [5.74, 6) is 0.741. The second kappa shape index (κ2) is 6.43. The molecule has 0 radical (unpaired) electrons. The quantitative estimate of drug-likeness (QED) is 0.770. The zero-order chi connectivity index (χ0) is 13.7. The number of rotatable bonds is 6. The molecular formula is C14H19NO4. The van der Waals surface area contributed by atoms with E-state index < -0.39 is 5.97 Å². The molecule has 5 heteroatoms. The molecule has 0 aliphatic carbocycles. The van der Waals surface area contributed by atoms with Crippen molar-refractivity contribution in [3.05, 3.63) is 23.8 Å². The molecule has 1 heterocycles. The lowest BCUT2D eigenvalue weighted by Gasteiger charge is -2.20. The molecule has 5 nitrogen and oxygen atoms in total. The highest BCUT2D eigenvalue weighted by molar-refractivity contribution is 5.66. The van der Waals surface area contributed by atoms with Gasteiger partial charge in [-0.3, -0.25) is 4.79 Å². The Morgan fingerprint density at radius 3 is 2.74 bits per heavy atom. The largest absolute Gasteiger partial charge is 0.486 e. The molecule has 1 aromatic rings. The van der Waals surface area contributed by atoms with Crippen molar-refractivity contribution in [2.24, 2.45) is 5.73 Å². The van der Waals surface area contributed by atoms with E-state index in [1.807, 2.05) is 18.2 Å². The SMILES string of the molecule is NC(CCCCC(=O)O)c1ccc2c(c1)OCCO2. The molecule has 0 saturated carbocycles. The van der Waals surface area contributed by atoms with Crippen molar-refractivity contribution in [2.75, 3.05) is 13.2 Å². The predicted octanol–water partition coefficient (Wildman–Crippen LogP) is 2.10. The molecule has 1 aliphatic rings. The summed E-state index contributed by atoms with van der Waals surface area (Å²) in [6.45, 7) is 1.14. The van der Waals surface area contributed by atoms with Crippen LogP contribution < -0.4 is 15.2 Å². The van der Waals surface area contributed by atoms with Gasteiger partial charge in [0.15, 0.2) is 11.5 Å². The topological polar surface area (TPSA) is 81.8 Å². The number of carbonyl (C=O) groups is 1. The van der Waals surface area contributed by atoms with Gasteiger partial charge in [0.1, 0.15) is 13.2 Å². The monoisotopic (exact) mass is 265 g/mol. The number of carboxylic acid groups (broad SMARTS) is 1. The van der Waals surface area contributed by atoms with E-state index in [4.69, 9.17) is 20.3 Å². The highest BCUT2D eigenvalue weighted by atomic mass is 16.6. The highest BCUT2D eigenvalue weighted by Gasteiger charge is 2.14. The van der Waals surface area contributed by atoms with E-state index in [1.54, 1.807) is 0 Å². The Hall–Kier alpha value is -1.75. The van der Waals surface area contributed by atoms with Crippen molar-refractivity contribution < 1.29 is 19.4 Å². The second-order valence-corrected chi connectivity index (χ2v) is 4.65. The molecular weight excluding hydrogens is 246 g/mol. The minimum atomic E-state index is -0.757. The average molecular weight is 265 g/mol. The van der Waals surface area contributed by atoms with Crippen LogP contribution in [0.25, 0.3) is 0 Å². The number of hydrogen-bond donors (Lipinski definition) is 2. The van der Waals surface area contributed by atoms with Crippen LogP contribution in [0.3, 0.4) is 0 Å². The Balaban J connectivity index is 1.88. The number of fused-ring (bicyclic) bond motifs is 1. The summed E-state index contributed by atoms with van der Waals surface area (Å²) in [6.07, 6.45) is 2.44. The lowest BCUT2D eigenvalue weighted by Crippen LogP contribution is -2.16. The maximum absolute atomic E-state index is 10.4. The van der Waals surface area contributed by atoms with Crippen molar-refractivity contribution in [3.63, 3.8) is 0 Å². The first-order valence-electron chi connectivity index (χ1n) is 6.54. The minimum Gasteiger partial charge on any atom is -0.486 e. The van der Waals surface area contributed by atoms with Crippen molar-refractivity contribution in [3.8, 4) is 11.5 Å². The van der Waals surface area contributed by atoms with Gasteiger partial charge in [-0.1, -0.05) is 12.5 Å². The van der Waals surface area contributed by atoms with Crippen molar-refractivity contribution >= 4 is 5.97 Å². The number of benzene rings is 1. The summed E-state index contributed by atoms with van der Waals surface area (Å²) in [5, 5.41) is 8.57. The highest BCUT2D eigenvalue weighted by Crippen LogP contribution is 2.33. The zero-order valence-electron chi connectivity index (χ0n) is 10.8. The molecule has 2 rings (SSSR count). The van der Waals surface area contributed by atoms with E-state index in [2.05, 4.69) is 0 Å². The van der Waals surface area contributed by atoms with Crippen LogP contribution in [0.4, 0.5) is 0 Å². The van der Waals surface area contributed by atoms with E-state index in [-0.39, 0.29) is 12.5 Å². The van der Waals surface area contributed by atoms with Gasteiger partial charge >= 0.3 is 5.97 Å². The summed E-state index contributed by atoms with van der Waals surface area (Å²) in [5.41, 5.74) is 7.10. The standard InChI is InChI=1S/C14H19NO4/c15-11(3-1-2-4-14(16)17)10-5-6-12-13(9-10)19-8-7-18-12/h5-6,9,11H,1-4,7-8,15H2,(H,16,17). The van der Waals surface area contributed by atoms with Gasteiger partial charge in [0, 0.05) is 12.5 Å². The summed E-state index contributed by atoms with van der Waals surface area (Å²) in [6, 6.07) is 5.64. The van der Waals surface area contributed by atoms with Crippen LogP contribution in [0.2, 0.25) is 0 Å². The van der Waals surface area contributed by atoms with Crippen molar-refractivity contribution in [1.29, 1.82) is 0 Å². The van der Waals surface area contributed by atoms with Crippen LogP contribution in [0.1, 0.15) is 37.3 Å². The van der Waals surface area contributed by atoms with Gasteiger partial charge in [-0.15, -0.1) is 0 Å². The molecule has 19 heavy (non-hydrogen) atoms. The fourth-order valence-electron chi connectivity index (χ4n) is 2.10. The molecule has 0 fully saturated rings. The van der Waals surface area contributed by atoms with Crippen LogP contribution in [0.5, 0.6) is 11.5 Å². The summed E-state index contributed by atoms with van der Waals surface area (Å²) < 4.78 is 11.0. The number of hydrogen-bond acceptors (Lipinski definition) is 4. The first-order chi connectivity index (χ1) is 9.16. The maximum Gasteiger partial charge on any atom is 0.303 e. The fourth-order valence-corrected chi connectivity index (χ4v) is 2.10. The van der Waals surface area contributed by atoms with Crippen LogP contribution in [-0.2, 0) is 4.79 Å². The van der Waals surface area contributed by atoms with E-state index in [1.165, 1.54) is 0 Å². The van der Waals surface area contributed by atoms with Gasteiger partial charge in [-0.2, -0.15) is 0 Å². The third kappa shape index (κ3) is 3.86. The van der Waals surface area contributed by atoms with Crippen LogP contribution >= 0.6 is 0 Å². The predicted molar refractivity (Wildman–Crippen MR) is 70.5 cm³/mol. The smallest absolute Gasteiger partial charge is 0.303 e. The zero-order valence-corrected chi connectivity index (χ0v) is 10.8. The number of nitrogens with two attached hydrogens (primary N) is 1. The molecule has 0 amide bonds. The van der Waals surface area contributed by atoms with Gasteiger partial charge in [-0.25, -0.2) is 0 Å². The second-order valence-electron chi connectivity index (χ2n) is 4.65. The minimum absolute atomic E-state index is 0.0929. The molecule has 104 valence electrons. The summed E-state index contributed by atoms with van der Waals surface area (Å²) in [7, 11) is 0. The average Bonchev–Trinajstić information content (AvgIpc) is 2.42. The van der Waals surface area contributed by atoms with Gasteiger partial charge in [0.2, 0.25) is 0 Å². The Bertz CT molecular complexity index is 447. The molecule has 0 saturated heterocycles. The molecule has 1 aromatic carbocycles. The lowest BCUT2D eigenvalue weighted by molar-refractivity contribution is -0.137. The van der Waals surface area contributed by atoms with Crippen LogP contribution in [0, 0.1) is 0 Å². The van der Waals surface area contributed by atoms with Crippen LogP contribution in [0.15, 0.2) is 18.2 Å². The van der Waals surface area contributed by atoms with Crippen molar-refractivity contribution in [1.82, 2.24) is 0 Å². The Morgan fingerprint density at radius 2 is 2.00 bits per heavy atom. The fraction of sp³-hybridized carbons (Fsp3) is 0.500. The van der Waals surface area contributed by atoms with E-state index in [9.17, 15) is 4.79 Å². The molecule has 0 aromatic heterocycles. The van der Waals surface area contributed by atoms with Crippen LogP contribution in [-0.4, -0.2) is 24.3 Å². The molecule has 1 aliphatic heterocycles. The summed E-state index contributed by atoms with van der Waals surface area (Å²) >= 11 is 0. The van der Waals surface area contributed by atoms with E-state index >= 15 is 0 Å². The van der Waals surface area contributed by atoms with E-state index in [0.717, 1.165) is 29.9 Å². The molecule has 0 bridgehead atoms. The third-order valence-corrected chi connectivity index (χ3v) is 3.15. The van der Waals surface area contributed by atoms with Gasteiger partial charge < -0.3 is 20.3 Å². The first kappa shape index (κ1) is 13.7. The Morgan fingerprint density at radius 1 is 1.26 bits per heavy atom. The van der Waals surface area contributed by atoms with Gasteiger partial charge in [0.05, 0.1) is 0 Å². The molecule has 1 atom stereocenters. The number of unbranched alkanes of at least 4 members (excludes halogenated alkanes) is 1. The Labute approximate surface area is 112 Å². The first-order valence-corrected chi connectivity index (χ1v) is 6.54. The number of ether oxygens (including phenoxy) is 2. The van der Waals surface area contributed by atoms with E-state index in [0.29, 0.717) is 19.6 Å². The Kier molecular flexibility index (Phi) is 4.63. The van der Waals surface area contributed by atoms with Crippen molar-refractivity contribution in [2.45, 2.75) is 31.7 Å². The molecule has 0 spiro atoms. The number of aliphatic carboxylic acids is 1. The molecule has 3 N–H and O–H groups in total. The normalized spacial score (nSPS) is 15.0.